The molecule has 0 aromatic carbocycles. The maximum Gasteiger partial charge on any atom is 0.406 e. The number of halogens is 3. The monoisotopic (exact) mass is 317 g/mol. The maximum absolute atomic E-state index is 12.6. The third kappa shape index (κ3) is 3.90. The fourth-order valence-corrected chi connectivity index (χ4v) is 2.58. The number of rotatable bonds is 3. The van der Waals surface area contributed by atoms with Gasteiger partial charge in [-0.1, -0.05) is 6.08 Å². The van der Waals surface area contributed by atoms with Crippen LogP contribution in [-0.2, 0) is 9.59 Å². The lowest BCUT2D eigenvalue weighted by Gasteiger charge is -2.22. The van der Waals surface area contributed by atoms with E-state index >= 15 is 0 Å². The van der Waals surface area contributed by atoms with Crippen LogP contribution in [0.5, 0.6) is 0 Å². The van der Waals surface area contributed by atoms with Gasteiger partial charge in [0.1, 0.15) is 12.3 Å². The lowest BCUT2D eigenvalue weighted by Crippen LogP contribution is -2.38. The van der Waals surface area contributed by atoms with Crippen molar-refractivity contribution in [3.05, 3.63) is 35.8 Å². The van der Waals surface area contributed by atoms with Crippen LogP contribution in [0.4, 0.5) is 13.2 Å². The standard InChI is InChI=1S/C14H14F3NO4/c15-14(16,17)7-18-6-10-4-11(19)2-1-8(10)3-9(13(18)22)5-12(20)21/h1-2,4,6,8-9,19H,3,5,7H2,(H,20,21)/t8?,9-/m1/s1. The van der Waals surface area contributed by atoms with E-state index in [2.05, 4.69) is 0 Å². The van der Waals surface area contributed by atoms with E-state index in [1.807, 2.05) is 0 Å². The fraction of sp³-hybridized carbons (Fsp3) is 0.429. The summed E-state index contributed by atoms with van der Waals surface area (Å²) in [6, 6.07) is 0. The number of aliphatic hydroxyl groups is 1. The zero-order valence-corrected chi connectivity index (χ0v) is 11.4. The number of alkyl halides is 3. The summed E-state index contributed by atoms with van der Waals surface area (Å²) in [4.78, 5) is 23.5. The fourth-order valence-electron chi connectivity index (χ4n) is 2.58. The van der Waals surface area contributed by atoms with E-state index in [0.29, 0.717) is 10.5 Å². The highest BCUT2D eigenvalue weighted by atomic mass is 19.4. The van der Waals surface area contributed by atoms with Crippen molar-refractivity contribution in [3.8, 4) is 0 Å². The molecular formula is C14H14F3NO4. The number of carbonyl (C=O) groups is 2. The van der Waals surface area contributed by atoms with Gasteiger partial charge in [0.25, 0.3) is 0 Å². The van der Waals surface area contributed by atoms with Crippen molar-refractivity contribution in [2.24, 2.45) is 11.8 Å². The topological polar surface area (TPSA) is 77.8 Å². The summed E-state index contributed by atoms with van der Waals surface area (Å²) in [5, 5.41) is 18.3. The van der Waals surface area contributed by atoms with Crippen LogP contribution in [0.2, 0.25) is 0 Å². The number of allylic oxidation sites excluding steroid dienone is 4. The maximum atomic E-state index is 12.6. The Morgan fingerprint density at radius 2 is 2.09 bits per heavy atom. The average Bonchev–Trinajstić information content (AvgIpc) is 2.47. The quantitative estimate of drug-likeness (QED) is 0.838. The van der Waals surface area contributed by atoms with Crippen molar-refractivity contribution < 1.29 is 33.0 Å². The van der Waals surface area contributed by atoms with Crippen LogP contribution in [0.1, 0.15) is 12.8 Å². The van der Waals surface area contributed by atoms with Crippen LogP contribution in [0, 0.1) is 11.8 Å². The number of hydrogen-bond acceptors (Lipinski definition) is 3. The third-order valence-corrected chi connectivity index (χ3v) is 3.49. The summed E-state index contributed by atoms with van der Waals surface area (Å²) < 4.78 is 37.9. The first-order valence-electron chi connectivity index (χ1n) is 6.55. The number of fused-ring (bicyclic) bond motifs is 1. The smallest absolute Gasteiger partial charge is 0.406 e. The average molecular weight is 317 g/mol. The van der Waals surface area contributed by atoms with E-state index in [1.54, 1.807) is 6.08 Å². The van der Waals surface area contributed by atoms with Crippen molar-refractivity contribution in [2.45, 2.75) is 19.0 Å². The minimum atomic E-state index is -4.60. The molecule has 2 atom stereocenters. The molecule has 0 bridgehead atoms. The van der Waals surface area contributed by atoms with E-state index in [9.17, 15) is 27.9 Å². The van der Waals surface area contributed by atoms with E-state index in [4.69, 9.17) is 5.11 Å². The zero-order chi connectivity index (χ0) is 16.5. The van der Waals surface area contributed by atoms with Crippen molar-refractivity contribution in [1.82, 2.24) is 4.90 Å². The molecule has 1 unspecified atom stereocenters. The van der Waals surface area contributed by atoms with Gasteiger partial charge >= 0.3 is 12.1 Å². The molecule has 120 valence electrons. The minimum Gasteiger partial charge on any atom is -0.508 e. The Hall–Kier alpha value is -2.25. The summed E-state index contributed by atoms with van der Waals surface area (Å²) in [6.45, 7) is -1.49. The van der Waals surface area contributed by atoms with Gasteiger partial charge in [0.15, 0.2) is 0 Å². The van der Waals surface area contributed by atoms with E-state index in [1.165, 1.54) is 12.2 Å². The molecule has 1 heterocycles. The van der Waals surface area contributed by atoms with Crippen LogP contribution in [0.3, 0.4) is 0 Å². The largest absolute Gasteiger partial charge is 0.508 e. The zero-order valence-electron chi connectivity index (χ0n) is 11.4. The molecule has 1 amide bonds. The number of hydrogen-bond donors (Lipinski definition) is 2. The summed E-state index contributed by atoms with van der Waals surface area (Å²) in [6.07, 6.45) is 0.215. The molecule has 0 saturated carbocycles. The van der Waals surface area contributed by atoms with Gasteiger partial charge in [-0.3, -0.25) is 9.59 Å². The molecule has 0 aromatic rings. The second-order valence-electron chi connectivity index (χ2n) is 5.28. The molecular weight excluding hydrogens is 303 g/mol. The molecule has 0 aromatic heterocycles. The van der Waals surface area contributed by atoms with Gasteiger partial charge in [-0.25, -0.2) is 0 Å². The molecule has 0 fully saturated rings. The molecule has 22 heavy (non-hydrogen) atoms. The van der Waals surface area contributed by atoms with Crippen LogP contribution in [0.25, 0.3) is 0 Å². The summed E-state index contributed by atoms with van der Waals surface area (Å²) >= 11 is 0. The van der Waals surface area contributed by atoms with Crippen LogP contribution in [-0.4, -0.2) is 39.7 Å². The Morgan fingerprint density at radius 1 is 1.41 bits per heavy atom. The predicted molar refractivity (Wildman–Crippen MR) is 69.6 cm³/mol. The molecule has 1 aliphatic heterocycles. The minimum absolute atomic E-state index is 0.0889. The highest BCUT2D eigenvalue weighted by Crippen LogP contribution is 2.34. The molecule has 2 rings (SSSR count). The van der Waals surface area contributed by atoms with Gasteiger partial charge < -0.3 is 15.1 Å². The second kappa shape index (κ2) is 5.86. The molecule has 0 saturated heterocycles. The third-order valence-electron chi connectivity index (χ3n) is 3.49. The second-order valence-corrected chi connectivity index (χ2v) is 5.28. The van der Waals surface area contributed by atoms with Gasteiger partial charge in [0.05, 0.1) is 6.42 Å². The van der Waals surface area contributed by atoms with Gasteiger partial charge in [-0.15, -0.1) is 0 Å². The number of amides is 1. The van der Waals surface area contributed by atoms with Crippen LogP contribution >= 0.6 is 0 Å². The highest BCUT2D eigenvalue weighted by Gasteiger charge is 2.38. The van der Waals surface area contributed by atoms with Crippen molar-refractivity contribution in [2.75, 3.05) is 6.54 Å². The number of carboxylic acids is 1. The van der Waals surface area contributed by atoms with Gasteiger partial charge in [0.2, 0.25) is 5.91 Å². The van der Waals surface area contributed by atoms with E-state index in [-0.39, 0.29) is 12.2 Å². The van der Waals surface area contributed by atoms with Gasteiger partial charge in [-0.05, 0) is 24.1 Å². The lowest BCUT2D eigenvalue weighted by atomic mass is 9.85. The number of nitrogens with zero attached hydrogens (tertiary/aromatic N) is 1. The molecule has 0 radical (unpaired) electrons. The Morgan fingerprint density at radius 3 is 2.68 bits per heavy atom. The number of carbonyl (C=O) groups excluding carboxylic acids is 1. The number of carboxylic acid groups (broad SMARTS) is 1. The molecule has 5 nitrogen and oxygen atoms in total. The van der Waals surface area contributed by atoms with Crippen LogP contribution in [0.15, 0.2) is 35.8 Å². The first-order chi connectivity index (χ1) is 10.2. The molecule has 8 heteroatoms. The summed E-state index contributed by atoms with van der Waals surface area (Å²) in [5.41, 5.74) is 0.352. The number of aliphatic hydroxyl groups excluding tert-OH is 1. The van der Waals surface area contributed by atoms with Gasteiger partial charge in [-0.2, -0.15) is 13.2 Å². The Balaban J connectivity index is 2.35. The summed E-state index contributed by atoms with van der Waals surface area (Å²) in [5.74, 6) is -3.69. The van der Waals surface area contributed by atoms with Gasteiger partial charge in [0, 0.05) is 18.0 Å². The Bertz CT molecular complexity index is 577. The van der Waals surface area contributed by atoms with E-state index in [0.717, 1.165) is 6.20 Å². The van der Waals surface area contributed by atoms with Crippen molar-refractivity contribution in [3.63, 3.8) is 0 Å². The number of aliphatic carboxylic acids is 1. The SMILES string of the molecule is O=C(O)C[C@H]1CC2C=CC(O)=CC2=CN(CC(F)(F)F)C1=O. The summed E-state index contributed by atoms with van der Waals surface area (Å²) in [7, 11) is 0. The molecule has 1 aliphatic carbocycles. The first-order valence-corrected chi connectivity index (χ1v) is 6.55. The van der Waals surface area contributed by atoms with E-state index < -0.39 is 42.9 Å². The highest BCUT2D eigenvalue weighted by molar-refractivity contribution is 5.84. The predicted octanol–water partition coefficient (Wildman–Crippen LogP) is 2.38. The molecule has 2 aliphatic rings. The molecule has 0 spiro atoms. The van der Waals surface area contributed by atoms with Crippen molar-refractivity contribution >= 4 is 11.9 Å². The Kier molecular flexibility index (Phi) is 4.30. The van der Waals surface area contributed by atoms with Crippen LogP contribution < -0.4 is 0 Å². The normalized spacial score (nSPS) is 25.2. The molecule has 2 N–H and O–H groups in total. The first kappa shape index (κ1) is 16.1. The Labute approximate surface area is 124 Å². The van der Waals surface area contributed by atoms with Crippen molar-refractivity contribution in [1.29, 1.82) is 0 Å². The lowest BCUT2D eigenvalue weighted by molar-refractivity contribution is -0.159.